The van der Waals surface area contributed by atoms with Gasteiger partial charge in [0.1, 0.15) is 9.90 Å². The molecule has 154 valence electrons. The Morgan fingerprint density at radius 2 is 2.18 bits per heavy atom. The van der Waals surface area contributed by atoms with Gasteiger partial charge >= 0.3 is 12.1 Å². The quantitative estimate of drug-likeness (QED) is 0.665. The lowest BCUT2D eigenvalue weighted by molar-refractivity contribution is -0.155. The van der Waals surface area contributed by atoms with Gasteiger partial charge in [0.25, 0.3) is 10.0 Å². The molecule has 0 aromatic carbocycles. The predicted molar refractivity (Wildman–Crippen MR) is 92.9 cm³/mol. The minimum absolute atomic E-state index is 0.0105. The van der Waals surface area contributed by atoms with Crippen LogP contribution in [0.5, 0.6) is 0 Å². The van der Waals surface area contributed by atoms with Crippen molar-refractivity contribution < 1.29 is 35.6 Å². The van der Waals surface area contributed by atoms with Crippen LogP contribution in [0, 0.1) is 5.92 Å². The Labute approximate surface area is 163 Å². The second-order valence-electron chi connectivity index (χ2n) is 6.15. The van der Waals surface area contributed by atoms with E-state index in [0.29, 0.717) is 12.8 Å². The second-order valence-corrected chi connectivity index (χ2v) is 9.40. The number of thiophene rings is 1. The molecule has 1 saturated heterocycles. The number of carbonyl (C=O) groups excluding carboxylic acids is 1. The number of esters is 1. The highest BCUT2D eigenvalue weighted by molar-refractivity contribution is 7.91. The average Bonchev–Trinajstić information content (AvgIpc) is 3.31. The predicted octanol–water partition coefficient (Wildman–Crippen LogP) is 3.39. The molecule has 0 saturated carbocycles. The zero-order chi connectivity index (χ0) is 20.5. The first-order valence-electron chi connectivity index (χ1n) is 8.44. The van der Waals surface area contributed by atoms with Crippen molar-refractivity contribution in [2.24, 2.45) is 5.92 Å². The fourth-order valence-electron chi connectivity index (χ4n) is 2.86. The van der Waals surface area contributed by atoms with Gasteiger partial charge in [-0.25, -0.2) is 8.42 Å². The zero-order valence-electron chi connectivity index (χ0n) is 14.7. The number of piperidine rings is 1. The highest BCUT2D eigenvalue weighted by Gasteiger charge is 2.37. The van der Waals surface area contributed by atoms with Crippen molar-refractivity contribution in [2.45, 2.75) is 30.2 Å². The molecule has 28 heavy (non-hydrogen) atoms. The maximum Gasteiger partial charge on any atom is 0.452 e. The summed E-state index contributed by atoms with van der Waals surface area (Å²) >= 11 is 0.795. The molecule has 0 amide bonds. The summed E-state index contributed by atoms with van der Waals surface area (Å²) in [4.78, 5) is 12.2. The van der Waals surface area contributed by atoms with Crippen LogP contribution in [0.1, 0.15) is 25.5 Å². The summed E-state index contributed by atoms with van der Waals surface area (Å²) in [5, 5.41) is 3.36. The van der Waals surface area contributed by atoms with Crippen LogP contribution in [-0.2, 0) is 25.7 Å². The smallest absolute Gasteiger partial charge is 0.452 e. The van der Waals surface area contributed by atoms with Crippen molar-refractivity contribution >= 4 is 27.3 Å². The number of hydrogen-bond donors (Lipinski definition) is 0. The Bertz CT molecular complexity index is 952. The molecule has 1 aliphatic heterocycles. The Hall–Kier alpha value is -1.92. The van der Waals surface area contributed by atoms with E-state index in [0.717, 1.165) is 17.4 Å². The minimum atomic E-state index is -4.67. The topological polar surface area (TPSA) is 89.7 Å². The monoisotopic (exact) mass is 438 g/mol. The summed E-state index contributed by atoms with van der Waals surface area (Å²) in [6.07, 6.45) is -3.62. The molecule has 7 nitrogen and oxygen atoms in total. The maximum atomic E-state index is 12.9. The van der Waals surface area contributed by atoms with Gasteiger partial charge in [0, 0.05) is 19.2 Å². The van der Waals surface area contributed by atoms with Crippen LogP contribution in [0.2, 0.25) is 0 Å². The van der Waals surface area contributed by atoms with Gasteiger partial charge in [-0.05, 0) is 31.9 Å². The SMILES string of the molecule is CCOC(=O)[C@H]1CCCN(S(=O)(=O)c2ccc(-c3cc(C(F)(F)F)on3)s2)C1. The molecule has 0 N–H and O–H groups in total. The molecule has 2 aromatic heterocycles. The largest absolute Gasteiger partial charge is 0.466 e. The van der Waals surface area contributed by atoms with Crippen LogP contribution >= 0.6 is 11.3 Å². The third-order valence-corrected chi connectivity index (χ3v) is 7.66. The molecular formula is C16H17F3N2O5S2. The average molecular weight is 438 g/mol. The number of carbonyl (C=O) groups is 1. The highest BCUT2D eigenvalue weighted by Crippen LogP contribution is 2.36. The van der Waals surface area contributed by atoms with Crippen molar-refractivity contribution in [2.75, 3.05) is 19.7 Å². The third-order valence-electron chi connectivity index (χ3n) is 4.22. The van der Waals surface area contributed by atoms with E-state index in [-0.39, 0.29) is 34.5 Å². The molecule has 12 heteroatoms. The van der Waals surface area contributed by atoms with Crippen LogP contribution in [0.4, 0.5) is 13.2 Å². The van der Waals surface area contributed by atoms with Crippen LogP contribution in [-0.4, -0.2) is 43.5 Å². The Morgan fingerprint density at radius 3 is 2.82 bits per heavy atom. The van der Waals surface area contributed by atoms with Gasteiger partial charge in [0.15, 0.2) is 0 Å². The standard InChI is InChI=1S/C16H17F3N2O5S2/c1-2-25-15(22)10-4-3-7-21(9-10)28(23,24)14-6-5-12(27-14)11-8-13(26-20-11)16(17,18)19/h5-6,8,10H,2-4,7,9H2,1H3/t10-/m0/s1. The molecule has 0 aliphatic carbocycles. The molecule has 2 aromatic rings. The van der Waals surface area contributed by atoms with E-state index >= 15 is 0 Å². The number of hydrogen-bond acceptors (Lipinski definition) is 7. The van der Waals surface area contributed by atoms with Crippen molar-refractivity contribution in [1.82, 2.24) is 9.46 Å². The molecule has 0 spiro atoms. The number of alkyl halides is 3. The van der Waals surface area contributed by atoms with E-state index in [4.69, 9.17) is 4.74 Å². The van der Waals surface area contributed by atoms with Gasteiger partial charge in [-0.1, -0.05) is 5.16 Å². The Kier molecular flexibility index (Phi) is 5.82. The van der Waals surface area contributed by atoms with Crippen molar-refractivity contribution in [3.05, 3.63) is 24.0 Å². The number of nitrogens with zero attached hydrogens (tertiary/aromatic N) is 2. The molecule has 1 atom stereocenters. The first-order chi connectivity index (χ1) is 13.1. The zero-order valence-corrected chi connectivity index (χ0v) is 16.4. The van der Waals surface area contributed by atoms with Crippen LogP contribution in [0.25, 0.3) is 10.6 Å². The minimum Gasteiger partial charge on any atom is -0.466 e. The van der Waals surface area contributed by atoms with Crippen molar-refractivity contribution in [3.63, 3.8) is 0 Å². The van der Waals surface area contributed by atoms with Gasteiger partial charge in [-0.3, -0.25) is 4.79 Å². The lowest BCUT2D eigenvalue weighted by Crippen LogP contribution is -2.42. The molecule has 3 heterocycles. The Morgan fingerprint density at radius 1 is 1.43 bits per heavy atom. The molecule has 0 bridgehead atoms. The normalized spacial score (nSPS) is 18.9. The van der Waals surface area contributed by atoms with E-state index in [9.17, 15) is 26.4 Å². The summed E-state index contributed by atoms with van der Waals surface area (Å²) < 4.78 is 74.1. The fourth-order valence-corrected chi connectivity index (χ4v) is 5.80. The van der Waals surface area contributed by atoms with Crippen LogP contribution < -0.4 is 0 Å². The molecule has 1 fully saturated rings. The molecular weight excluding hydrogens is 421 g/mol. The summed E-state index contributed by atoms with van der Waals surface area (Å²) in [5.41, 5.74) is -0.0955. The number of halogens is 3. The number of sulfonamides is 1. The van der Waals surface area contributed by atoms with Gasteiger partial charge < -0.3 is 9.26 Å². The second kappa shape index (κ2) is 7.84. The van der Waals surface area contributed by atoms with Gasteiger partial charge in [0.05, 0.1) is 17.4 Å². The molecule has 3 rings (SSSR count). The van der Waals surface area contributed by atoms with E-state index in [1.807, 2.05) is 0 Å². The molecule has 1 aliphatic rings. The lowest BCUT2D eigenvalue weighted by atomic mass is 10.0. The maximum absolute atomic E-state index is 12.9. The van der Waals surface area contributed by atoms with Crippen molar-refractivity contribution in [3.8, 4) is 10.6 Å². The molecule has 0 radical (unpaired) electrons. The van der Waals surface area contributed by atoms with E-state index < -0.39 is 33.8 Å². The third kappa shape index (κ3) is 4.23. The lowest BCUT2D eigenvalue weighted by Gasteiger charge is -2.30. The van der Waals surface area contributed by atoms with Gasteiger partial charge in [0.2, 0.25) is 5.76 Å². The van der Waals surface area contributed by atoms with Crippen LogP contribution in [0.15, 0.2) is 26.9 Å². The number of ether oxygens (including phenoxy) is 1. The number of aromatic nitrogens is 1. The number of rotatable bonds is 5. The summed E-state index contributed by atoms with van der Waals surface area (Å²) in [7, 11) is -3.89. The Balaban J connectivity index is 1.80. The van der Waals surface area contributed by atoms with E-state index in [2.05, 4.69) is 9.68 Å². The molecule has 0 unspecified atom stereocenters. The first kappa shape index (κ1) is 20.8. The fraction of sp³-hybridized carbons (Fsp3) is 0.500. The summed E-state index contributed by atoms with van der Waals surface area (Å²) in [6.45, 7) is 2.16. The van der Waals surface area contributed by atoms with Crippen LogP contribution in [0.3, 0.4) is 0 Å². The van der Waals surface area contributed by atoms with Crippen molar-refractivity contribution in [1.29, 1.82) is 0 Å². The highest BCUT2D eigenvalue weighted by atomic mass is 32.2. The summed E-state index contributed by atoms with van der Waals surface area (Å²) in [6, 6.07) is 3.41. The summed E-state index contributed by atoms with van der Waals surface area (Å²) in [5.74, 6) is -2.22. The van der Waals surface area contributed by atoms with Gasteiger partial charge in [-0.2, -0.15) is 17.5 Å². The van der Waals surface area contributed by atoms with Gasteiger partial charge in [-0.15, -0.1) is 11.3 Å². The van der Waals surface area contributed by atoms with E-state index in [1.165, 1.54) is 16.4 Å². The van der Waals surface area contributed by atoms with E-state index in [1.54, 1.807) is 6.92 Å². The first-order valence-corrected chi connectivity index (χ1v) is 10.7.